The van der Waals surface area contributed by atoms with E-state index in [9.17, 15) is 0 Å². The fourth-order valence-electron chi connectivity index (χ4n) is 2.58. The van der Waals surface area contributed by atoms with Gasteiger partial charge in [-0.15, -0.1) is 0 Å². The molecule has 1 aromatic heterocycles. The van der Waals surface area contributed by atoms with Crippen molar-refractivity contribution in [2.75, 3.05) is 6.54 Å². The zero-order chi connectivity index (χ0) is 12.4. The van der Waals surface area contributed by atoms with Crippen LogP contribution in [0.15, 0.2) is 42.9 Å². The predicted molar refractivity (Wildman–Crippen MR) is 72.7 cm³/mol. The number of aromatic nitrogens is 2. The van der Waals surface area contributed by atoms with Crippen LogP contribution in [0.3, 0.4) is 0 Å². The first-order valence-corrected chi connectivity index (χ1v) is 6.68. The number of nitrogens with two attached hydrogens (primary N) is 1. The van der Waals surface area contributed by atoms with Crippen LogP contribution in [0.4, 0.5) is 0 Å². The summed E-state index contributed by atoms with van der Waals surface area (Å²) in [6.07, 6.45) is 7.76. The van der Waals surface area contributed by atoms with Crippen LogP contribution < -0.4 is 5.73 Å². The Bertz CT molecular complexity index is 503. The average Bonchev–Trinajstić information content (AvgIpc) is 3.03. The van der Waals surface area contributed by atoms with Gasteiger partial charge in [-0.1, -0.05) is 18.2 Å². The Balaban J connectivity index is 1.68. The molecule has 18 heavy (non-hydrogen) atoms. The van der Waals surface area contributed by atoms with Crippen LogP contribution in [-0.2, 0) is 0 Å². The van der Waals surface area contributed by atoms with E-state index in [4.69, 9.17) is 5.73 Å². The monoisotopic (exact) mass is 241 g/mol. The van der Waals surface area contributed by atoms with E-state index in [-0.39, 0.29) is 0 Å². The maximum Gasteiger partial charge on any atom is 0.0995 e. The number of rotatable bonds is 5. The Hall–Kier alpha value is -1.61. The average molecular weight is 241 g/mol. The van der Waals surface area contributed by atoms with Crippen molar-refractivity contribution in [3.63, 3.8) is 0 Å². The summed E-state index contributed by atoms with van der Waals surface area (Å²) in [4.78, 5) is 4.54. The summed E-state index contributed by atoms with van der Waals surface area (Å²) in [5.74, 6) is 1.48. The number of hydrogen-bond donors (Lipinski definition) is 1. The topological polar surface area (TPSA) is 43.8 Å². The lowest BCUT2D eigenvalue weighted by molar-refractivity contribution is 0.655. The van der Waals surface area contributed by atoms with E-state index < -0.39 is 0 Å². The van der Waals surface area contributed by atoms with Gasteiger partial charge in [0.1, 0.15) is 0 Å². The smallest absolute Gasteiger partial charge is 0.0995 e. The number of hydrogen-bond acceptors (Lipinski definition) is 2. The van der Waals surface area contributed by atoms with Gasteiger partial charge in [-0.2, -0.15) is 0 Å². The van der Waals surface area contributed by atoms with Crippen LogP contribution in [0.1, 0.15) is 30.9 Å². The van der Waals surface area contributed by atoms with Gasteiger partial charge < -0.3 is 10.3 Å². The first-order valence-electron chi connectivity index (χ1n) is 6.68. The third-order valence-corrected chi connectivity index (χ3v) is 3.74. The van der Waals surface area contributed by atoms with Crippen molar-refractivity contribution in [1.82, 2.24) is 9.55 Å². The molecule has 1 aliphatic rings. The van der Waals surface area contributed by atoms with E-state index in [0.717, 1.165) is 18.9 Å². The van der Waals surface area contributed by atoms with Crippen LogP contribution in [0.5, 0.6) is 0 Å². The molecule has 2 aromatic rings. The number of benzene rings is 1. The molecule has 0 amide bonds. The highest BCUT2D eigenvalue weighted by Gasteiger charge is 2.38. The summed E-state index contributed by atoms with van der Waals surface area (Å²) in [5.41, 5.74) is 7.96. The van der Waals surface area contributed by atoms with Crippen molar-refractivity contribution >= 4 is 0 Å². The zero-order valence-corrected chi connectivity index (χ0v) is 10.5. The number of imidazole rings is 1. The molecule has 3 rings (SSSR count). The summed E-state index contributed by atoms with van der Waals surface area (Å²) in [6, 6.07) is 10.3. The normalized spacial score (nSPS) is 22.1. The quantitative estimate of drug-likeness (QED) is 0.874. The summed E-state index contributed by atoms with van der Waals surface area (Å²) in [7, 11) is 0. The maximum atomic E-state index is 5.55. The number of nitrogens with zero attached hydrogens (tertiary/aromatic N) is 2. The minimum atomic E-state index is 0.668. The molecule has 1 heterocycles. The Kier molecular flexibility index (Phi) is 3.15. The molecule has 3 heteroatoms. The second-order valence-electron chi connectivity index (χ2n) is 5.07. The predicted octanol–water partition coefficient (Wildman–Crippen LogP) is 2.71. The second-order valence-corrected chi connectivity index (χ2v) is 5.07. The van der Waals surface area contributed by atoms with Gasteiger partial charge in [0.15, 0.2) is 0 Å². The van der Waals surface area contributed by atoms with E-state index in [1.54, 1.807) is 0 Å². The van der Waals surface area contributed by atoms with Crippen molar-refractivity contribution in [1.29, 1.82) is 0 Å². The van der Waals surface area contributed by atoms with Crippen LogP contribution >= 0.6 is 0 Å². The van der Waals surface area contributed by atoms with Gasteiger partial charge in [0.05, 0.1) is 12.0 Å². The molecule has 2 atom stereocenters. The van der Waals surface area contributed by atoms with E-state index >= 15 is 0 Å². The molecule has 3 nitrogen and oxygen atoms in total. The Morgan fingerprint density at radius 1 is 1.28 bits per heavy atom. The Labute approximate surface area is 108 Å². The molecule has 1 saturated carbocycles. The van der Waals surface area contributed by atoms with Crippen molar-refractivity contribution in [3.8, 4) is 5.69 Å². The standard InChI is InChI=1S/C15H19N3/c16-8-4-5-12-9-14(12)15-10-18(11-17-15)13-6-2-1-3-7-13/h1-3,6-7,10-12,14H,4-5,8-9,16H2. The lowest BCUT2D eigenvalue weighted by Gasteiger charge is -1.99. The van der Waals surface area contributed by atoms with E-state index in [1.807, 2.05) is 12.4 Å². The molecular weight excluding hydrogens is 222 g/mol. The van der Waals surface area contributed by atoms with Crippen LogP contribution in [0, 0.1) is 5.92 Å². The van der Waals surface area contributed by atoms with Gasteiger partial charge in [0.2, 0.25) is 0 Å². The van der Waals surface area contributed by atoms with Gasteiger partial charge in [0.25, 0.3) is 0 Å². The Morgan fingerprint density at radius 3 is 2.89 bits per heavy atom. The lowest BCUT2D eigenvalue weighted by Crippen LogP contribution is -1.98. The molecule has 2 unspecified atom stereocenters. The maximum absolute atomic E-state index is 5.55. The molecule has 1 aromatic carbocycles. The van der Waals surface area contributed by atoms with Crippen molar-refractivity contribution in [2.45, 2.75) is 25.2 Å². The highest BCUT2D eigenvalue weighted by molar-refractivity contribution is 5.32. The first kappa shape index (κ1) is 11.5. The van der Waals surface area contributed by atoms with Crippen molar-refractivity contribution in [2.24, 2.45) is 11.7 Å². The second kappa shape index (κ2) is 4.94. The summed E-state index contributed by atoms with van der Waals surface area (Å²) >= 11 is 0. The molecular formula is C15H19N3. The van der Waals surface area contributed by atoms with Gasteiger partial charge >= 0.3 is 0 Å². The fourth-order valence-corrected chi connectivity index (χ4v) is 2.58. The van der Waals surface area contributed by atoms with Gasteiger partial charge in [-0.05, 0) is 43.9 Å². The summed E-state index contributed by atoms with van der Waals surface area (Å²) in [5, 5.41) is 0. The van der Waals surface area contributed by atoms with Crippen LogP contribution in [0.25, 0.3) is 5.69 Å². The molecule has 2 N–H and O–H groups in total. The highest BCUT2D eigenvalue weighted by atomic mass is 15.0. The van der Waals surface area contributed by atoms with Gasteiger partial charge in [0, 0.05) is 17.8 Å². The SMILES string of the molecule is NCCCC1CC1c1cn(-c2ccccc2)cn1. The molecule has 1 fully saturated rings. The molecule has 1 aliphatic carbocycles. The summed E-state index contributed by atoms with van der Waals surface area (Å²) in [6.45, 7) is 0.807. The molecule has 0 bridgehead atoms. The zero-order valence-electron chi connectivity index (χ0n) is 10.5. The fraction of sp³-hybridized carbons (Fsp3) is 0.400. The third kappa shape index (κ3) is 2.31. The van der Waals surface area contributed by atoms with E-state index in [2.05, 4.69) is 40.0 Å². The van der Waals surface area contributed by atoms with Gasteiger partial charge in [-0.3, -0.25) is 0 Å². The Morgan fingerprint density at radius 2 is 2.11 bits per heavy atom. The first-order chi connectivity index (χ1) is 8.88. The largest absolute Gasteiger partial charge is 0.330 e. The minimum absolute atomic E-state index is 0.668. The van der Waals surface area contributed by atoms with E-state index in [1.165, 1.54) is 24.2 Å². The third-order valence-electron chi connectivity index (χ3n) is 3.74. The van der Waals surface area contributed by atoms with Crippen LogP contribution in [0.2, 0.25) is 0 Å². The molecule has 0 radical (unpaired) electrons. The van der Waals surface area contributed by atoms with E-state index in [0.29, 0.717) is 5.92 Å². The summed E-state index contributed by atoms with van der Waals surface area (Å²) < 4.78 is 2.10. The van der Waals surface area contributed by atoms with Crippen molar-refractivity contribution in [3.05, 3.63) is 48.5 Å². The molecule has 94 valence electrons. The lowest BCUT2D eigenvalue weighted by atomic mass is 10.1. The van der Waals surface area contributed by atoms with Crippen molar-refractivity contribution < 1.29 is 0 Å². The van der Waals surface area contributed by atoms with Crippen LogP contribution in [-0.4, -0.2) is 16.1 Å². The molecule has 0 spiro atoms. The molecule has 0 aliphatic heterocycles. The minimum Gasteiger partial charge on any atom is -0.330 e. The molecule has 0 saturated heterocycles. The number of para-hydroxylation sites is 1. The van der Waals surface area contributed by atoms with Gasteiger partial charge in [-0.25, -0.2) is 4.98 Å². The highest BCUT2D eigenvalue weighted by Crippen LogP contribution is 2.49.